The number of rotatable bonds is 5. The second-order valence-corrected chi connectivity index (χ2v) is 5.72. The van der Waals surface area contributed by atoms with E-state index in [0.717, 1.165) is 5.56 Å². The van der Waals surface area contributed by atoms with Gasteiger partial charge in [0.2, 0.25) is 11.5 Å². The van der Waals surface area contributed by atoms with Crippen LogP contribution in [0.3, 0.4) is 0 Å². The van der Waals surface area contributed by atoms with Crippen molar-refractivity contribution in [2.75, 3.05) is 13.2 Å². The van der Waals surface area contributed by atoms with Crippen molar-refractivity contribution in [2.24, 2.45) is 0 Å². The Hall–Kier alpha value is -3.15. The standard InChI is InChI=1S/C20H20O6/c1-4-24-15-9-6-12(19(11(15)3)25-5-2)10-16-17(22)13-7-8-14(21)18(23)20(13)26-16/h6-10,21,23H,4-5H2,1-3H3/b16-10+. The van der Waals surface area contributed by atoms with Gasteiger partial charge in [-0.15, -0.1) is 0 Å². The minimum Gasteiger partial charge on any atom is -0.504 e. The lowest BCUT2D eigenvalue weighted by atomic mass is 10.1. The van der Waals surface area contributed by atoms with Crippen LogP contribution in [0.15, 0.2) is 30.0 Å². The Morgan fingerprint density at radius 3 is 2.50 bits per heavy atom. The molecule has 0 spiro atoms. The van der Waals surface area contributed by atoms with Crippen LogP contribution in [-0.4, -0.2) is 29.2 Å². The summed E-state index contributed by atoms with van der Waals surface area (Å²) in [7, 11) is 0. The number of carbonyl (C=O) groups is 1. The van der Waals surface area contributed by atoms with Gasteiger partial charge in [-0.2, -0.15) is 0 Å². The van der Waals surface area contributed by atoms with E-state index in [2.05, 4.69) is 0 Å². The van der Waals surface area contributed by atoms with Crippen LogP contribution >= 0.6 is 0 Å². The van der Waals surface area contributed by atoms with Crippen molar-refractivity contribution >= 4 is 11.9 Å². The molecule has 0 saturated heterocycles. The Bertz CT molecular complexity index is 898. The summed E-state index contributed by atoms with van der Waals surface area (Å²) in [6, 6.07) is 6.27. The zero-order valence-electron chi connectivity index (χ0n) is 14.8. The number of ketones is 1. The third-order valence-electron chi connectivity index (χ3n) is 4.05. The fraction of sp³-hybridized carbons (Fsp3) is 0.250. The third-order valence-corrected chi connectivity index (χ3v) is 4.05. The van der Waals surface area contributed by atoms with Crippen LogP contribution in [-0.2, 0) is 0 Å². The molecule has 6 nitrogen and oxygen atoms in total. The molecule has 2 aromatic carbocycles. The lowest BCUT2D eigenvalue weighted by Gasteiger charge is -2.15. The second kappa shape index (κ2) is 7.00. The lowest BCUT2D eigenvalue weighted by molar-refractivity contribution is 0.101. The Labute approximate surface area is 151 Å². The predicted molar refractivity (Wildman–Crippen MR) is 96.2 cm³/mol. The van der Waals surface area contributed by atoms with Crippen LogP contribution in [0, 0.1) is 6.92 Å². The molecule has 0 radical (unpaired) electrons. The first kappa shape index (κ1) is 17.7. The van der Waals surface area contributed by atoms with Gasteiger partial charge in [-0.25, -0.2) is 0 Å². The van der Waals surface area contributed by atoms with Gasteiger partial charge in [0.05, 0.1) is 18.8 Å². The van der Waals surface area contributed by atoms with Gasteiger partial charge in [-0.05, 0) is 51.1 Å². The van der Waals surface area contributed by atoms with Gasteiger partial charge in [0, 0.05) is 11.1 Å². The number of allylic oxidation sites excluding steroid dienone is 1. The normalized spacial score (nSPS) is 14.3. The van der Waals surface area contributed by atoms with E-state index in [0.29, 0.717) is 30.3 Å². The van der Waals surface area contributed by atoms with Crippen molar-refractivity contribution in [3.63, 3.8) is 0 Å². The molecule has 1 heterocycles. The van der Waals surface area contributed by atoms with E-state index in [1.807, 2.05) is 26.8 Å². The number of Topliss-reactive ketones (excluding diaryl/α,β-unsaturated/α-hetero) is 1. The molecule has 1 aliphatic heterocycles. The Balaban J connectivity index is 2.04. The van der Waals surface area contributed by atoms with Gasteiger partial charge in [-0.3, -0.25) is 4.79 Å². The molecule has 1 aliphatic rings. The van der Waals surface area contributed by atoms with E-state index in [4.69, 9.17) is 14.2 Å². The van der Waals surface area contributed by atoms with Gasteiger partial charge < -0.3 is 24.4 Å². The topological polar surface area (TPSA) is 85.2 Å². The van der Waals surface area contributed by atoms with E-state index in [1.165, 1.54) is 12.1 Å². The molecule has 0 aliphatic carbocycles. The number of phenols is 2. The highest BCUT2D eigenvalue weighted by Gasteiger charge is 2.31. The molecule has 6 heteroatoms. The number of carbonyl (C=O) groups excluding carboxylic acids is 1. The van der Waals surface area contributed by atoms with Gasteiger partial charge >= 0.3 is 0 Å². The fourth-order valence-corrected chi connectivity index (χ4v) is 2.82. The highest BCUT2D eigenvalue weighted by Crippen LogP contribution is 2.44. The summed E-state index contributed by atoms with van der Waals surface area (Å²) in [6.07, 6.45) is 1.56. The number of benzene rings is 2. The van der Waals surface area contributed by atoms with Crippen LogP contribution in [0.25, 0.3) is 6.08 Å². The van der Waals surface area contributed by atoms with Crippen molar-refractivity contribution in [1.29, 1.82) is 0 Å². The average molecular weight is 356 g/mol. The van der Waals surface area contributed by atoms with E-state index in [1.54, 1.807) is 12.1 Å². The van der Waals surface area contributed by atoms with Crippen LogP contribution in [0.1, 0.15) is 35.3 Å². The van der Waals surface area contributed by atoms with Crippen LogP contribution in [0.2, 0.25) is 0 Å². The molecule has 0 bridgehead atoms. The molecule has 0 unspecified atom stereocenters. The molecule has 136 valence electrons. The molecule has 2 N–H and O–H groups in total. The fourth-order valence-electron chi connectivity index (χ4n) is 2.82. The zero-order valence-corrected chi connectivity index (χ0v) is 14.8. The number of hydrogen-bond acceptors (Lipinski definition) is 6. The second-order valence-electron chi connectivity index (χ2n) is 5.72. The van der Waals surface area contributed by atoms with Gasteiger partial charge in [0.15, 0.2) is 17.3 Å². The summed E-state index contributed by atoms with van der Waals surface area (Å²) in [5.41, 5.74) is 1.69. The first-order valence-corrected chi connectivity index (χ1v) is 8.36. The Morgan fingerprint density at radius 1 is 1.08 bits per heavy atom. The van der Waals surface area contributed by atoms with Gasteiger partial charge in [0.25, 0.3) is 0 Å². The molecular weight excluding hydrogens is 336 g/mol. The molecule has 26 heavy (non-hydrogen) atoms. The smallest absolute Gasteiger partial charge is 0.232 e. The Kier molecular flexibility index (Phi) is 4.75. The highest BCUT2D eigenvalue weighted by molar-refractivity contribution is 6.15. The Morgan fingerprint density at radius 2 is 1.81 bits per heavy atom. The summed E-state index contributed by atoms with van der Waals surface area (Å²) in [4.78, 5) is 12.5. The maximum atomic E-state index is 12.5. The van der Waals surface area contributed by atoms with Crippen molar-refractivity contribution in [3.05, 3.63) is 46.7 Å². The largest absolute Gasteiger partial charge is 0.504 e. The predicted octanol–water partition coefficient (Wildman–Crippen LogP) is 3.82. The molecule has 0 fully saturated rings. The molecule has 0 saturated carbocycles. The maximum absolute atomic E-state index is 12.5. The number of ether oxygens (including phenoxy) is 3. The minimum atomic E-state index is -0.452. The van der Waals surface area contributed by atoms with E-state index in [-0.39, 0.29) is 28.6 Å². The van der Waals surface area contributed by atoms with Crippen molar-refractivity contribution in [3.8, 4) is 28.7 Å². The number of phenolic OH excluding ortho intramolecular Hbond substituents is 2. The molecular formula is C20H20O6. The van der Waals surface area contributed by atoms with Crippen LogP contribution in [0.5, 0.6) is 28.7 Å². The van der Waals surface area contributed by atoms with Crippen molar-refractivity contribution in [2.45, 2.75) is 20.8 Å². The lowest BCUT2D eigenvalue weighted by Crippen LogP contribution is -2.03. The zero-order chi connectivity index (χ0) is 18.8. The van der Waals surface area contributed by atoms with E-state index >= 15 is 0 Å². The summed E-state index contributed by atoms with van der Waals surface area (Å²) in [5, 5.41) is 19.5. The molecule has 2 aromatic rings. The number of fused-ring (bicyclic) bond motifs is 1. The quantitative estimate of drug-likeness (QED) is 0.626. The minimum absolute atomic E-state index is 0.0399. The van der Waals surface area contributed by atoms with Crippen molar-refractivity contribution in [1.82, 2.24) is 0 Å². The first-order chi connectivity index (χ1) is 12.5. The summed E-state index contributed by atoms with van der Waals surface area (Å²) in [6.45, 7) is 6.65. The molecule has 3 rings (SSSR count). The van der Waals surface area contributed by atoms with Crippen molar-refractivity contribution < 1.29 is 29.2 Å². The number of hydrogen-bond donors (Lipinski definition) is 2. The van der Waals surface area contributed by atoms with E-state index < -0.39 is 5.75 Å². The molecule has 0 atom stereocenters. The molecule has 0 aromatic heterocycles. The average Bonchev–Trinajstić information content (AvgIpc) is 2.94. The summed E-state index contributed by atoms with van der Waals surface area (Å²) in [5.74, 6) is 0.154. The van der Waals surface area contributed by atoms with E-state index in [9.17, 15) is 15.0 Å². The van der Waals surface area contributed by atoms with Crippen LogP contribution < -0.4 is 14.2 Å². The monoisotopic (exact) mass is 356 g/mol. The van der Waals surface area contributed by atoms with Crippen LogP contribution in [0.4, 0.5) is 0 Å². The first-order valence-electron chi connectivity index (χ1n) is 8.36. The SMILES string of the molecule is CCOc1ccc(/C=C2/Oc3c(ccc(O)c3O)C2=O)c(OCC)c1C. The molecule has 0 amide bonds. The third kappa shape index (κ3) is 2.94. The summed E-state index contributed by atoms with van der Waals surface area (Å²) >= 11 is 0. The van der Waals surface area contributed by atoms with Gasteiger partial charge in [-0.1, -0.05) is 0 Å². The number of aromatic hydroxyl groups is 2. The van der Waals surface area contributed by atoms with Gasteiger partial charge in [0.1, 0.15) is 11.5 Å². The highest BCUT2D eigenvalue weighted by atomic mass is 16.5. The maximum Gasteiger partial charge on any atom is 0.232 e. The summed E-state index contributed by atoms with van der Waals surface area (Å²) < 4.78 is 16.8.